The predicted molar refractivity (Wildman–Crippen MR) is 73.1 cm³/mol. The number of nitrogens with zero attached hydrogens (tertiary/aromatic N) is 1. The smallest absolute Gasteiger partial charge is 0.216 e. The lowest BCUT2D eigenvalue weighted by molar-refractivity contribution is 0.320. The number of benzene rings is 2. The van der Waals surface area contributed by atoms with E-state index in [2.05, 4.69) is 17.1 Å². The maximum absolute atomic E-state index is 5.97. The van der Waals surface area contributed by atoms with E-state index in [1.54, 1.807) is 0 Å². The van der Waals surface area contributed by atoms with Crippen LogP contribution in [0.2, 0.25) is 5.02 Å². The fourth-order valence-electron chi connectivity index (χ4n) is 2.00. The summed E-state index contributed by atoms with van der Waals surface area (Å²) < 4.78 is 5.65. The molecule has 2 aromatic carbocycles. The fourth-order valence-corrected chi connectivity index (χ4v) is 2.19. The molecule has 3 rings (SSSR count). The fraction of sp³-hybridized carbons (Fsp3) is 0.133. The van der Waals surface area contributed by atoms with Crippen molar-refractivity contribution in [2.75, 3.05) is 6.61 Å². The van der Waals surface area contributed by atoms with Crippen LogP contribution in [-0.2, 0) is 4.74 Å². The third-order valence-electron chi connectivity index (χ3n) is 2.91. The van der Waals surface area contributed by atoms with Crippen LogP contribution in [0.15, 0.2) is 59.6 Å². The van der Waals surface area contributed by atoms with Gasteiger partial charge in [0.2, 0.25) is 5.90 Å². The Morgan fingerprint density at radius 3 is 2.67 bits per heavy atom. The number of hydrogen-bond acceptors (Lipinski definition) is 2. The van der Waals surface area contributed by atoms with E-state index in [9.17, 15) is 0 Å². The highest BCUT2D eigenvalue weighted by atomic mass is 35.5. The maximum atomic E-state index is 5.97. The van der Waals surface area contributed by atoms with Crippen LogP contribution >= 0.6 is 11.6 Å². The molecule has 1 atom stereocenters. The Bertz CT molecular complexity index is 580. The normalized spacial score (nSPS) is 18.3. The molecule has 0 aromatic heterocycles. The molecule has 0 N–H and O–H groups in total. The molecule has 2 nitrogen and oxygen atoms in total. The minimum atomic E-state index is 0.0835. The Morgan fingerprint density at radius 2 is 1.89 bits per heavy atom. The standard InChI is InChI=1S/C15H12ClNO/c16-13-8-4-7-12(9-13)15-17-14(10-18-15)11-5-2-1-3-6-11/h1-9,14H,10H2. The molecule has 0 saturated heterocycles. The lowest BCUT2D eigenvalue weighted by Gasteiger charge is -2.03. The molecule has 90 valence electrons. The predicted octanol–water partition coefficient (Wildman–Crippen LogP) is 3.86. The van der Waals surface area contributed by atoms with Gasteiger partial charge in [0.05, 0.1) is 0 Å². The van der Waals surface area contributed by atoms with Crippen molar-refractivity contribution in [2.45, 2.75) is 6.04 Å². The van der Waals surface area contributed by atoms with E-state index in [1.165, 1.54) is 5.56 Å². The molecule has 1 aliphatic heterocycles. The second-order valence-corrected chi connectivity index (χ2v) is 4.62. The average Bonchev–Trinajstić information content (AvgIpc) is 2.89. The van der Waals surface area contributed by atoms with Gasteiger partial charge in [-0.15, -0.1) is 0 Å². The lowest BCUT2D eigenvalue weighted by Crippen LogP contribution is -2.01. The molecule has 1 unspecified atom stereocenters. The van der Waals surface area contributed by atoms with Crippen molar-refractivity contribution >= 4 is 17.5 Å². The average molecular weight is 258 g/mol. The van der Waals surface area contributed by atoms with Crippen molar-refractivity contribution in [1.82, 2.24) is 0 Å². The van der Waals surface area contributed by atoms with Crippen molar-refractivity contribution in [3.8, 4) is 0 Å². The summed E-state index contributed by atoms with van der Waals surface area (Å²) in [5.74, 6) is 0.673. The molecule has 0 fully saturated rings. The number of ether oxygens (including phenoxy) is 1. The van der Waals surface area contributed by atoms with Gasteiger partial charge < -0.3 is 4.74 Å². The van der Waals surface area contributed by atoms with E-state index in [0.29, 0.717) is 17.5 Å². The summed E-state index contributed by atoms with van der Waals surface area (Å²) >= 11 is 5.97. The van der Waals surface area contributed by atoms with Crippen LogP contribution in [0.4, 0.5) is 0 Å². The highest BCUT2D eigenvalue weighted by Gasteiger charge is 2.21. The van der Waals surface area contributed by atoms with Gasteiger partial charge >= 0.3 is 0 Å². The van der Waals surface area contributed by atoms with Crippen molar-refractivity contribution in [3.63, 3.8) is 0 Å². The molecule has 0 radical (unpaired) electrons. The largest absolute Gasteiger partial charge is 0.475 e. The third kappa shape index (κ3) is 2.24. The Labute approximate surface area is 111 Å². The van der Waals surface area contributed by atoms with Gasteiger partial charge in [-0.25, -0.2) is 4.99 Å². The van der Waals surface area contributed by atoms with Crippen molar-refractivity contribution < 1.29 is 4.74 Å². The molecule has 2 aromatic rings. The van der Waals surface area contributed by atoms with E-state index in [4.69, 9.17) is 16.3 Å². The van der Waals surface area contributed by atoms with Crippen LogP contribution < -0.4 is 0 Å². The van der Waals surface area contributed by atoms with E-state index >= 15 is 0 Å². The number of rotatable bonds is 2. The van der Waals surface area contributed by atoms with Gasteiger partial charge in [-0.2, -0.15) is 0 Å². The molecule has 3 heteroatoms. The second-order valence-electron chi connectivity index (χ2n) is 4.18. The van der Waals surface area contributed by atoms with E-state index in [0.717, 1.165) is 5.56 Å². The Hall–Kier alpha value is -1.80. The summed E-state index contributed by atoms with van der Waals surface area (Å²) in [5.41, 5.74) is 2.11. The molecule has 18 heavy (non-hydrogen) atoms. The molecule has 1 aliphatic rings. The molecule has 1 heterocycles. The molecule has 0 bridgehead atoms. The first kappa shape index (κ1) is 11.3. The van der Waals surface area contributed by atoms with Crippen LogP contribution in [0.5, 0.6) is 0 Å². The number of halogens is 1. The number of hydrogen-bond donors (Lipinski definition) is 0. The second kappa shape index (κ2) is 4.83. The molecule has 0 amide bonds. The molecule has 0 aliphatic carbocycles. The van der Waals surface area contributed by atoms with E-state index in [-0.39, 0.29) is 6.04 Å². The van der Waals surface area contributed by atoms with Gasteiger partial charge in [-0.1, -0.05) is 48.0 Å². The molecule has 0 saturated carbocycles. The van der Waals surface area contributed by atoms with Crippen LogP contribution in [0.3, 0.4) is 0 Å². The summed E-state index contributed by atoms with van der Waals surface area (Å²) in [7, 11) is 0. The summed E-state index contributed by atoms with van der Waals surface area (Å²) in [6, 6.07) is 17.8. The molecular formula is C15H12ClNO. The van der Waals surface area contributed by atoms with E-state index < -0.39 is 0 Å². The van der Waals surface area contributed by atoms with Gasteiger partial charge in [0.25, 0.3) is 0 Å². The SMILES string of the molecule is Clc1cccc(C2=NC(c3ccccc3)CO2)c1. The topological polar surface area (TPSA) is 21.6 Å². The zero-order valence-corrected chi connectivity index (χ0v) is 10.5. The third-order valence-corrected chi connectivity index (χ3v) is 3.14. The van der Waals surface area contributed by atoms with Crippen molar-refractivity contribution in [3.05, 3.63) is 70.7 Å². The van der Waals surface area contributed by atoms with E-state index in [1.807, 2.05) is 42.5 Å². The summed E-state index contributed by atoms with van der Waals surface area (Å²) in [4.78, 5) is 4.61. The van der Waals surface area contributed by atoms with Gasteiger partial charge in [0, 0.05) is 10.6 Å². The van der Waals surface area contributed by atoms with Crippen molar-refractivity contribution in [1.29, 1.82) is 0 Å². The zero-order valence-electron chi connectivity index (χ0n) is 9.71. The lowest BCUT2D eigenvalue weighted by atomic mass is 10.1. The highest BCUT2D eigenvalue weighted by Crippen LogP contribution is 2.25. The summed E-state index contributed by atoms with van der Waals surface area (Å²) in [5, 5.41) is 0.696. The first-order valence-electron chi connectivity index (χ1n) is 5.84. The van der Waals surface area contributed by atoms with Crippen LogP contribution in [0, 0.1) is 0 Å². The maximum Gasteiger partial charge on any atom is 0.216 e. The Balaban J connectivity index is 1.88. The minimum absolute atomic E-state index is 0.0835. The first-order valence-corrected chi connectivity index (χ1v) is 6.22. The van der Waals surface area contributed by atoms with Gasteiger partial charge in [0.15, 0.2) is 0 Å². The monoisotopic (exact) mass is 257 g/mol. The minimum Gasteiger partial charge on any atom is -0.475 e. The summed E-state index contributed by atoms with van der Waals surface area (Å²) in [6.45, 7) is 0.589. The van der Waals surface area contributed by atoms with Crippen LogP contribution in [0.25, 0.3) is 0 Å². The van der Waals surface area contributed by atoms with Crippen molar-refractivity contribution in [2.24, 2.45) is 4.99 Å². The van der Waals surface area contributed by atoms with Gasteiger partial charge in [0.1, 0.15) is 12.6 Å². The number of aliphatic imine (C=N–C) groups is 1. The summed E-state index contributed by atoms with van der Waals surface area (Å²) in [6.07, 6.45) is 0. The van der Waals surface area contributed by atoms with Gasteiger partial charge in [-0.3, -0.25) is 0 Å². The quantitative estimate of drug-likeness (QED) is 0.801. The first-order chi connectivity index (χ1) is 8.83. The van der Waals surface area contributed by atoms with Gasteiger partial charge in [-0.05, 0) is 23.8 Å². The Kier molecular flexibility index (Phi) is 3.03. The molecular weight excluding hydrogens is 246 g/mol. The van der Waals surface area contributed by atoms with Crippen LogP contribution in [-0.4, -0.2) is 12.5 Å². The highest BCUT2D eigenvalue weighted by molar-refractivity contribution is 6.30. The molecule has 0 spiro atoms. The van der Waals surface area contributed by atoms with Crippen LogP contribution in [0.1, 0.15) is 17.2 Å². The zero-order chi connectivity index (χ0) is 12.4. The Morgan fingerprint density at radius 1 is 1.06 bits per heavy atom.